The minimum absolute atomic E-state index is 0.0878. The van der Waals surface area contributed by atoms with E-state index in [4.69, 9.17) is 5.73 Å². The van der Waals surface area contributed by atoms with Crippen LogP contribution in [0.15, 0.2) is 34.7 Å². The molecule has 5 nitrogen and oxygen atoms in total. The number of amides is 1. The largest absolute Gasteiger partial charge is 0.320 e. The number of benzene rings is 1. The van der Waals surface area contributed by atoms with Gasteiger partial charge in [-0.25, -0.2) is 0 Å². The summed E-state index contributed by atoms with van der Waals surface area (Å²) in [6.45, 7) is 3.82. The van der Waals surface area contributed by atoms with Crippen molar-refractivity contribution >= 4 is 34.1 Å². The standard InChI is InChI=1S/C14H18N4OS2/c1-9(2)11(15)12(19)16-13-17-18-14(21-13)20-8-10-6-4-3-5-7-10/h3-7,9,11H,8,15H2,1-2H3,(H,16,17,19)/t11-/m0/s1. The zero-order chi connectivity index (χ0) is 15.2. The van der Waals surface area contributed by atoms with Gasteiger partial charge in [-0.3, -0.25) is 10.1 Å². The van der Waals surface area contributed by atoms with Crippen LogP contribution in [0.4, 0.5) is 5.13 Å². The van der Waals surface area contributed by atoms with Crippen LogP contribution < -0.4 is 11.1 Å². The quantitative estimate of drug-likeness (QED) is 0.631. The number of thioether (sulfide) groups is 1. The summed E-state index contributed by atoms with van der Waals surface area (Å²) in [4.78, 5) is 11.8. The number of carbonyl (C=O) groups is 1. The van der Waals surface area contributed by atoms with Crippen molar-refractivity contribution < 1.29 is 4.79 Å². The summed E-state index contributed by atoms with van der Waals surface area (Å²) in [6, 6.07) is 9.61. The molecule has 1 aromatic heterocycles. The van der Waals surface area contributed by atoms with Gasteiger partial charge in [0.1, 0.15) is 0 Å². The highest BCUT2D eigenvalue weighted by Crippen LogP contribution is 2.28. The number of hydrogen-bond donors (Lipinski definition) is 2. The second-order valence-electron chi connectivity index (χ2n) is 4.91. The van der Waals surface area contributed by atoms with Gasteiger partial charge in [0.05, 0.1) is 6.04 Å². The monoisotopic (exact) mass is 322 g/mol. The van der Waals surface area contributed by atoms with E-state index < -0.39 is 6.04 Å². The first-order chi connectivity index (χ1) is 10.1. The highest BCUT2D eigenvalue weighted by molar-refractivity contribution is 8.00. The minimum Gasteiger partial charge on any atom is -0.320 e. The molecule has 0 spiro atoms. The van der Waals surface area contributed by atoms with Crippen LogP contribution in [0.25, 0.3) is 0 Å². The summed E-state index contributed by atoms with van der Waals surface area (Å²) in [5.74, 6) is 0.695. The number of anilines is 1. The first-order valence-electron chi connectivity index (χ1n) is 6.63. The van der Waals surface area contributed by atoms with Crippen LogP contribution >= 0.6 is 23.1 Å². The molecule has 1 heterocycles. The number of nitrogens with one attached hydrogen (secondary N) is 1. The fourth-order valence-corrected chi connectivity index (χ4v) is 3.24. The van der Waals surface area contributed by atoms with Gasteiger partial charge in [-0.15, -0.1) is 10.2 Å². The highest BCUT2D eigenvalue weighted by Gasteiger charge is 2.18. The third-order valence-corrected chi connectivity index (χ3v) is 4.91. The molecule has 3 N–H and O–H groups in total. The second kappa shape index (κ2) is 7.53. The highest BCUT2D eigenvalue weighted by atomic mass is 32.2. The summed E-state index contributed by atoms with van der Waals surface area (Å²) in [5.41, 5.74) is 7.02. The lowest BCUT2D eigenvalue weighted by atomic mass is 10.1. The van der Waals surface area contributed by atoms with Crippen LogP contribution in [0.1, 0.15) is 19.4 Å². The molecule has 1 atom stereocenters. The van der Waals surface area contributed by atoms with Crippen molar-refractivity contribution in [3.05, 3.63) is 35.9 Å². The number of rotatable bonds is 6. The molecule has 0 aliphatic heterocycles. The maximum atomic E-state index is 11.8. The van der Waals surface area contributed by atoms with E-state index in [9.17, 15) is 4.79 Å². The molecule has 0 aliphatic carbocycles. The van der Waals surface area contributed by atoms with E-state index in [1.165, 1.54) is 16.9 Å². The smallest absolute Gasteiger partial charge is 0.243 e. The Bertz CT molecular complexity index is 586. The lowest BCUT2D eigenvalue weighted by Crippen LogP contribution is -2.39. The van der Waals surface area contributed by atoms with Gasteiger partial charge in [-0.05, 0) is 11.5 Å². The van der Waals surface area contributed by atoms with Crippen LogP contribution in [0.2, 0.25) is 0 Å². The predicted molar refractivity (Wildman–Crippen MR) is 87.4 cm³/mol. The maximum Gasteiger partial charge on any atom is 0.243 e. The average molecular weight is 322 g/mol. The summed E-state index contributed by atoms with van der Waals surface area (Å²) in [5, 5.41) is 11.2. The van der Waals surface area contributed by atoms with E-state index in [1.54, 1.807) is 11.8 Å². The van der Waals surface area contributed by atoms with E-state index in [2.05, 4.69) is 27.6 Å². The molecular weight excluding hydrogens is 304 g/mol. The summed E-state index contributed by atoms with van der Waals surface area (Å²) in [6.07, 6.45) is 0. The van der Waals surface area contributed by atoms with Gasteiger partial charge in [-0.2, -0.15) is 0 Å². The topological polar surface area (TPSA) is 80.9 Å². The van der Waals surface area contributed by atoms with Gasteiger partial charge in [0.25, 0.3) is 0 Å². The molecule has 0 radical (unpaired) electrons. The van der Waals surface area contributed by atoms with E-state index >= 15 is 0 Å². The van der Waals surface area contributed by atoms with Crippen molar-refractivity contribution in [2.24, 2.45) is 11.7 Å². The summed E-state index contributed by atoms with van der Waals surface area (Å²) < 4.78 is 0.826. The molecule has 7 heteroatoms. The van der Waals surface area contributed by atoms with Crippen molar-refractivity contribution in [3.63, 3.8) is 0 Å². The van der Waals surface area contributed by atoms with Crippen LogP contribution in [0.3, 0.4) is 0 Å². The Morgan fingerprint density at radius 2 is 2.05 bits per heavy atom. The van der Waals surface area contributed by atoms with Crippen LogP contribution in [-0.2, 0) is 10.5 Å². The Balaban J connectivity index is 1.88. The van der Waals surface area contributed by atoms with E-state index in [0.29, 0.717) is 5.13 Å². The van der Waals surface area contributed by atoms with Crippen LogP contribution in [0, 0.1) is 5.92 Å². The predicted octanol–water partition coefficient (Wildman–Crippen LogP) is 2.75. The first kappa shape index (κ1) is 15.9. The number of carbonyl (C=O) groups excluding carboxylic acids is 1. The average Bonchev–Trinajstić information content (AvgIpc) is 2.92. The molecular formula is C14H18N4OS2. The van der Waals surface area contributed by atoms with Crippen molar-refractivity contribution in [3.8, 4) is 0 Å². The molecule has 0 bridgehead atoms. The Labute approximate surface area is 132 Å². The molecule has 1 amide bonds. The second-order valence-corrected chi connectivity index (χ2v) is 7.11. The van der Waals surface area contributed by atoms with Gasteiger partial charge >= 0.3 is 0 Å². The fraction of sp³-hybridized carbons (Fsp3) is 0.357. The molecule has 0 fully saturated rings. The van der Waals surface area contributed by atoms with Crippen LogP contribution in [0.5, 0.6) is 0 Å². The van der Waals surface area contributed by atoms with Crippen molar-refractivity contribution in [1.29, 1.82) is 0 Å². The number of aromatic nitrogens is 2. The number of nitrogens with two attached hydrogens (primary N) is 1. The zero-order valence-electron chi connectivity index (χ0n) is 11.9. The van der Waals surface area contributed by atoms with Gasteiger partial charge in [0.2, 0.25) is 11.0 Å². The number of hydrogen-bond acceptors (Lipinski definition) is 6. The minimum atomic E-state index is -0.533. The van der Waals surface area contributed by atoms with E-state index in [-0.39, 0.29) is 11.8 Å². The van der Waals surface area contributed by atoms with Crippen molar-refractivity contribution in [2.75, 3.05) is 5.32 Å². The SMILES string of the molecule is CC(C)[C@H](N)C(=O)Nc1nnc(SCc2ccccc2)s1. The van der Waals surface area contributed by atoms with Gasteiger partial charge in [0, 0.05) is 5.75 Å². The molecule has 2 rings (SSSR count). The molecule has 1 aromatic carbocycles. The lowest BCUT2D eigenvalue weighted by Gasteiger charge is -2.13. The Morgan fingerprint density at radius 1 is 1.33 bits per heavy atom. The van der Waals surface area contributed by atoms with Crippen LogP contribution in [-0.4, -0.2) is 22.1 Å². The van der Waals surface area contributed by atoms with Gasteiger partial charge < -0.3 is 5.73 Å². The van der Waals surface area contributed by atoms with Gasteiger partial charge in [0.15, 0.2) is 4.34 Å². The fourth-order valence-electron chi connectivity index (χ4n) is 1.53. The Kier molecular flexibility index (Phi) is 5.72. The van der Waals surface area contributed by atoms with E-state index in [0.717, 1.165) is 10.1 Å². The lowest BCUT2D eigenvalue weighted by molar-refractivity contribution is -0.118. The molecule has 0 saturated heterocycles. The van der Waals surface area contributed by atoms with Crippen molar-refractivity contribution in [2.45, 2.75) is 30.0 Å². The molecule has 0 unspecified atom stereocenters. The third-order valence-electron chi connectivity index (χ3n) is 2.86. The normalized spacial score (nSPS) is 12.4. The summed E-state index contributed by atoms with van der Waals surface area (Å²) >= 11 is 2.96. The third kappa shape index (κ3) is 4.80. The Morgan fingerprint density at radius 3 is 2.71 bits per heavy atom. The maximum absolute atomic E-state index is 11.8. The Hall–Kier alpha value is -1.44. The van der Waals surface area contributed by atoms with E-state index in [1.807, 2.05) is 32.0 Å². The molecule has 2 aromatic rings. The molecule has 0 aliphatic rings. The summed E-state index contributed by atoms with van der Waals surface area (Å²) in [7, 11) is 0. The molecule has 0 saturated carbocycles. The number of nitrogens with zero attached hydrogens (tertiary/aromatic N) is 2. The molecule has 112 valence electrons. The first-order valence-corrected chi connectivity index (χ1v) is 8.43. The van der Waals surface area contributed by atoms with Crippen molar-refractivity contribution in [1.82, 2.24) is 10.2 Å². The van der Waals surface area contributed by atoms with Gasteiger partial charge in [-0.1, -0.05) is 67.3 Å². The molecule has 21 heavy (non-hydrogen) atoms. The zero-order valence-corrected chi connectivity index (χ0v) is 13.6.